The Morgan fingerprint density at radius 1 is 1.12 bits per heavy atom. The summed E-state index contributed by atoms with van der Waals surface area (Å²) in [5, 5.41) is 14.4. The van der Waals surface area contributed by atoms with Crippen molar-refractivity contribution in [1.82, 2.24) is 14.6 Å². The topological polar surface area (TPSA) is 147 Å². The summed E-state index contributed by atoms with van der Waals surface area (Å²) >= 11 is 0. The van der Waals surface area contributed by atoms with E-state index in [9.17, 15) is 18.3 Å². The third-order valence-corrected chi connectivity index (χ3v) is 8.95. The fourth-order valence-corrected chi connectivity index (χ4v) is 6.73. The van der Waals surface area contributed by atoms with Crippen LogP contribution < -0.4 is 15.8 Å². The van der Waals surface area contributed by atoms with Crippen molar-refractivity contribution in [2.45, 2.75) is 52.7 Å². The zero-order valence-electron chi connectivity index (χ0n) is 24.4. The van der Waals surface area contributed by atoms with Crippen molar-refractivity contribution in [3.8, 4) is 5.75 Å². The number of aryl methyl sites for hydroxylation is 2. The lowest BCUT2D eigenvalue weighted by Crippen LogP contribution is -2.52. The first kappa shape index (κ1) is 31.1. The van der Waals surface area contributed by atoms with Gasteiger partial charge < -0.3 is 20.9 Å². The van der Waals surface area contributed by atoms with E-state index in [2.05, 4.69) is 15.3 Å². The van der Waals surface area contributed by atoms with Crippen molar-refractivity contribution >= 4 is 21.6 Å². The molecule has 2 unspecified atom stereocenters. The van der Waals surface area contributed by atoms with Gasteiger partial charge in [-0.25, -0.2) is 13.4 Å². The molecule has 1 aliphatic carbocycles. The van der Waals surface area contributed by atoms with Gasteiger partial charge in [-0.3, -0.25) is 9.78 Å². The van der Waals surface area contributed by atoms with E-state index in [4.69, 9.17) is 10.5 Å². The lowest BCUT2D eigenvalue weighted by Gasteiger charge is -2.31. The van der Waals surface area contributed by atoms with E-state index in [1.165, 1.54) is 4.31 Å². The number of nitrogens with zero attached hydrogens (tertiary/aromatic N) is 3. The number of ether oxygens (including phenoxy) is 1. The van der Waals surface area contributed by atoms with Gasteiger partial charge in [0, 0.05) is 48.6 Å². The Balaban J connectivity index is 1.52. The lowest BCUT2D eigenvalue weighted by atomic mass is 10.0. The molecule has 2 atom stereocenters. The number of rotatable bonds is 13. The van der Waals surface area contributed by atoms with Gasteiger partial charge in [0.05, 0.1) is 22.8 Å². The number of aliphatic imine (C=N–C) groups is 1. The molecule has 1 aromatic heterocycles. The summed E-state index contributed by atoms with van der Waals surface area (Å²) in [6, 6.07) is 8.65. The fourth-order valence-electron chi connectivity index (χ4n) is 5.00. The number of fused-ring (bicyclic) bond motifs is 1. The number of nitrogens with two attached hydrogens (primary N) is 1. The number of hydrogen-bond donors (Lipinski definition) is 3. The maximum atomic E-state index is 13.9. The Hall–Kier alpha value is -3.80. The van der Waals surface area contributed by atoms with Crippen LogP contribution in [0.25, 0.3) is 0 Å². The van der Waals surface area contributed by atoms with Gasteiger partial charge in [0.2, 0.25) is 10.0 Å². The molecule has 42 heavy (non-hydrogen) atoms. The predicted octanol–water partition coefficient (Wildman–Crippen LogP) is 2.92. The lowest BCUT2D eigenvalue weighted by molar-refractivity contribution is -0.124. The quantitative estimate of drug-likeness (QED) is 0.324. The molecule has 0 saturated carbocycles. The molecule has 4 rings (SSSR count). The number of benzene rings is 1. The van der Waals surface area contributed by atoms with E-state index >= 15 is 0 Å². The normalized spacial score (nSPS) is 16.3. The molecular formula is C31H39N5O5S. The second-order valence-corrected chi connectivity index (χ2v) is 13.1. The minimum absolute atomic E-state index is 0.00851. The van der Waals surface area contributed by atoms with Crippen LogP contribution in [0, 0.1) is 19.8 Å². The monoisotopic (exact) mass is 593 g/mol. The summed E-state index contributed by atoms with van der Waals surface area (Å²) in [6.45, 7) is 7.25. The molecule has 0 bridgehead atoms. The number of sulfonamides is 1. The molecule has 1 aromatic carbocycles. The van der Waals surface area contributed by atoms with Gasteiger partial charge in [-0.15, -0.1) is 0 Å². The standard InChI is InChI=1S/C31H39N5O5S/c1-20(2)17-36(42(39,40)25-11-10-24-13-29(32)34-26(24)14-25)18-28(37)27(12-23-8-6-5-7-9-23)35-30(38)19-41-31-21(3)15-33-16-22(31)4/h5-11,13,15-16,20,27-28,37H,12,14,17-19,32H2,1-4H3,(H,35,38). The van der Waals surface area contributed by atoms with Crippen molar-refractivity contribution < 1.29 is 23.1 Å². The highest BCUT2D eigenvalue weighted by Gasteiger charge is 2.34. The number of allylic oxidation sites excluding steroid dienone is 5. The zero-order valence-corrected chi connectivity index (χ0v) is 25.3. The van der Waals surface area contributed by atoms with E-state index in [1.807, 2.05) is 58.0 Å². The molecule has 2 aliphatic rings. The van der Waals surface area contributed by atoms with Crippen molar-refractivity contribution in [2.75, 3.05) is 19.7 Å². The number of nitrogens with one attached hydrogen (secondary N) is 1. The number of carbonyl (C=O) groups excluding carboxylic acids is 1. The van der Waals surface area contributed by atoms with Gasteiger partial charge in [0.15, 0.2) is 6.61 Å². The summed E-state index contributed by atoms with van der Waals surface area (Å²) in [5.41, 5.74) is 9.72. The van der Waals surface area contributed by atoms with Crippen molar-refractivity contribution in [3.05, 3.63) is 93.9 Å². The smallest absolute Gasteiger partial charge is 0.258 e. The summed E-state index contributed by atoms with van der Waals surface area (Å²) in [5.74, 6) is 0.485. The van der Waals surface area contributed by atoms with Crippen LogP contribution in [0.2, 0.25) is 0 Å². The van der Waals surface area contributed by atoms with Gasteiger partial charge in [-0.1, -0.05) is 50.3 Å². The number of aliphatic hydroxyl groups excluding tert-OH is 1. The van der Waals surface area contributed by atoms with Crippen molar-refractivity contribution in [3.63, 3.8) is 0 Å². The molecule has 0 radical (unpaired) electrons. The molecule has 10 nitrogen and oxygen atoms in total. The molecule has 1 aliphatic heterocycles. The Kier molecular flexibility index (Phi) is 9.97. The van der Waals surface area contributed by atoms with Gasteiger partial charge in [-0.2, -0.15) is 4.31 Å². The average Bonchev–Trinajstić information content (AvgIpc) is 3.31. The largest absolute Gasteiger partial charge is 0.483 e. The number of aliphatic hydroxyl groups is 1. The molecule has 1 amide bonds. The maximum absolute atomic E-state index is 13.9. The fraction of sp³-hybridized carbons (Fsp3) is 0.387. The molecule has 2 heterocycles. The first-order chi connectivity index (χ1) is 19.9. The highest BCUT2D eigenvalue weighted by Crippen LogP contribution is 2.29. The Bertz CT molecular complexity index is 1510. The number of hydrogen-bond acceptors (Lipinski definition) is 8. The van der Waals surface area contributed by atoms with Gasteiger partial charge >= 0.3 is 0 Å². The molecule has 4 N–H and O–H groups in total. The molecular weight excluding hydrogens is 554 g/mol. The van der Waals surface area contributed by atoms with E-state index < -0.39 is 28.1 Å². The number of carbonyl (C=O) groups is 1. The second-order valence-electron chi connectivity index (χ2n) is 11.1. The average molecular weight is 594 g/mol. The van der Waals surface area contributed by atoms with E-state index in [1.54, 1.807) is 30.6 Å². The number of aromatic nitrogens is 1. The molecule has 0 spiro atoms. The zero-order chi connectivity index (χ0) is 30.4. The summed E-state index contributed by atoms with van der Waals surface area (Å²) < 4.78 is 34.8. The summed E-state index contributed by atoms with van der Waals surface area (Å²) in [6.07, 6.45) is 7.51. The summed E-state index contributed by atoms with van der Waals surface area (Å²) in [4.78, 5) is 21.6. The van der Waals surface area contributed by atoms with Crippen LogP contribution in [0.4, 0.5) is 0 Å². The third-order valence-electron chi connectivity index (χ3n) is 7.03. The van der Waals surface area contributed by atoms with Crippen LogP contribution >= 0.6 is 0 Å². The van der Waals surface area contributed by atoms with Crippen LogP contribution in [0.15, 0.2) is 82.2 Å². The molecule has 224 valence electrons. The first-order valence-electron chi connectivity index (χ1n) is 14.0. The second kappa shape index (κ2) is 13.5. The molecule has 2 aromatic rings. The van der Waals surface area contributed by atoms with Gasteiger partial charge in [0.1, 0.15) is 11.6 Å². The maximum Gasteiger partial charge on any atom is 0.258 e. The Morgan fingerprint density at radius 3 is 2.48 bits per heavy atom. The highest BCUT2D eigenvalue weighted by atomic mass is 32.2. The third kappa shape index (κ3) is 7.72. The SMILES string of the molecule is Cc1cncc(C)c1OCC(=O)NC(Cc1ccccc1)C(O)CN(CC(C)C)S(=O)(=O)C1=CC=C2C=C(N)N=C2C1. The van der Waals surface area contributed by atoms with Crippen molar-refractivity contribution in [1.29, 1.82) is 0 Å². The highest BCUT2D eigenvalue weighted by molar-refractivity contribution is 7.93. The minimum atomic E-state index is -3.96. The van der Waals surface area contributed by atoms with Crippen LogP contribution in [0.1, 0.15) is 37.0 Å². The first-order valence-corrected chi connectivity index (χ1v) is 15.4. The predicted molar refractivity (Wildman–Crippen MR) is 163 cm³/mol. The Labute approximate surface area is 247 Å². The van der Waals surface area contributed by atoms with Crippen LogP contribution in [0.3, 0.4) is 0 Å². The van der Waals surface area contributed by atoms with Gasteiger partial charge in [0.25, 0.3) is 5.91 Å². The van der Waals surface area contributed by atoms with Gasteiger partial charge in [-0.05, 0) is 43.9 Å². The molecule has 0 saturated heterocycles. The number of pyridine rings is 1. The number of amides is 1. The van der Waals surface area contributed by atoms with E-state index in [0.29, 0.717) is 23.7 Å². The van der Waals surface area contributed by atoms with E-state index in [0.717, 1.165) is 22.3 Å². The van der Waals surface area contributed by atoms with Crippen LogP contribution in [-0.2, 0) is 21.2 Å². The van der Waals surface area contributed by atoms with Crippen molar-refractivity contribution in [2.24, 2.45) is 16.6 Å². The summed E-state index contributed by atoms with van der Waals surface area (Å²) in [7, 11) is -3.96. The Morgan fingerprint density at radius 2 is 1.81 bits per heavy atom. The molecule has 0 fully saturated rings. The van der Waals surface area contributed by atoms with Crippen LogP contribution in [-0.4, -0.2) is 66.3 Å². The molecule has 11 heteroatoms. The van der Waals surface area contributed by atoms with Crippen LogP contribution in [0.5, 0.6) is 5.75 Å². The van der Waals surface area contributed by atoms with E-state index in [-0.39, 0.29) is 36.9 Å². The minimum Gasteiger partial charge on any atom is -0.483 e.